The smallest absolute Gasteiger partial charge is 0.310 e. The van der Waals surface area contributed by atoms with Crippen molar-refractivity contribution in [1.82, 2.24) is 4.90 Å². The predicted molar refractivity (Wildman–Crippen MR) is 71.6 cm³/mol. The summed E-state index contributed by atoms with van der Waals surface area (Å²) in [5.74, 6) is -1.73. The van der Waals surface area contributed by atoms with E-state index in [1.807, 2.05) is 6.92 Å². The van der Waals surface area contributed by atoms with Crippen molar-refractivity contribution in [2.75, 3.05) is 6.54 Å². The fourth-order valence-corrected chi connectivity index (χ4v) is 3.15. The number of hydrogen-bond acceptors (Lipinski definition) is 3. The van der Waals surface area contributed by atoms with Gasteiger partial charge in [-0.2, -0.15) is 0 Å². The van der Waals surface area contributed by atoms with Gasteiger partial charge in [0.05, 0.1) is 11.3 Å². The van der Waals surface area contributed by atoms with Gasteiger partial charge < -0.3 is 15.7 Å². The third-order valence-electron chi connectivity index (χ3n) is 4.86. The summed E-state index contributed by atoms with van der Waals surface area (Å²) in [5.41, 5.74) is 4.44. The van der Waals surface area contributed by atoms with Crippen LogP contribution in [0.1, 0.15) is 45.4 Å². The van der Waals surface area contributed by atoms with Gasteiger partial charge in [0.1, 0.15) is 0 Å². The highest BCUT2D eigenvalue weighted by atomic mass is 16.4. The maximum absolute atomic E-state index is 12.4. The lowest BCUT2D eigenvalue weighted by molar-refractivity contribution is -0.160. The van der Waals surface area contributed by atoms with Crippen molar-refractivity contribution in [3.05, 3.63) is 0 Å². The molecule has 1 saturated heterocycles. The summed E-state index contributed by atoms with van der Waals surface area (Å²) in [5, 5.41) is 9.29. The van der Waals surface area contributed by atoms with Crippen LogP contribution in [0.25, 0.3) is 0 Å². The Bertz CT molecular complexity index is 431. The van der Waals surface area contributed by atoms with Crippen molar-refractivity contribution >= 4 is 17.8 Å². The maximum Gasteiger partial charge on any atom is 0.310 e. The minimum atomic E-state index is -0.881. The molecule has 1 saturated carbocycles. The molecule has 0 bridgehead atoms. The normalized spacial score (nSPS) is 28.6. The monoisotopic (exact) mass is 282 g/mol. The minimum absolute atomic E-state index is 0.0398. The van der Waals surface area contributed by atoms with Crippen LogP contribution in [-0.4, -0.2) is 40.4 Å². The Morgan fingerprint density at radius 1 is 1.30 bits per heavy atom. The Morgan fingerprint density at radius 2 is 1.95 bits per heavy atom. The Balaban J connectivity index is 2.03. The lowest BCUT2D eigenvalue weighted by Gasteiger charge is -2.42. The number of piperidine rings is 1. The molecule has 3 N–H and O–H groups in total. The molecule has 6 nitrogen and oxygen atoms in total. The number of primary amides is 1. The van der Waals surface area contributed by atoms with E-state index < -0.39 is 11.4 Å². The van der Waals surface area contributed by atoms with Gasteiger partial charge in [0.15, 0.2) is 0 Å². The number of carbonyl (C=O) groups excluding carboxylic acids is 2. The molecule has 0 radical (unpaired) electrons. The fraction of sp³-hybridized carbons (Fsp3) is 0.786. The molecule has 2 fully saturated rings. The largest absolute Gasteiger partial charge is 0.481 e. The standard InChI is InChI=1S/C14H22N2O4/c1-9-3-4-10(12(15)18)8-16(9)11(17)7-14(13(19)20)5-2-6-14/h9-10H,2-8H2,1H3,(H2,15,18)(H,19,20). The molecule has 0 spiro atoms. The second-order valence-electron chi connectivity index (χ2n) is 6.19. The second-order valence-corrected chi connectivity index (χ2v) is 6.19. The first-order chi connectivity index (χ1) is 9.35. The number of amides is 2. The van der Waals surface area contributed by atoms with E-state index in [0.29, 0.717) is 25.8 Å². The third-order valence-corrected chi connectivity index (χ3v) is 4.86. The van der Waals surface area contributed by atoms with Gasteiger partial charge in [0.2, 0.25) is 11.8 Å². The molecule has 2 amide bonds. The van der Waals surface area contributed by atoms with E-state index in [1.165, 1.54) is 0 Å². The molecule has 0 aromatic rings. The fourth-order valence-electron chi connectivity index (χ4n) is 3.15. The number of carbonyl (C=O) groups is 3. The number of carboxylic acids is 1. The molecule has 2 aliphatic rings. The van der Waals surface area contributed by atoms with E-state index in [2.05, 4.69) is 0 Å². The third kappa shape index (κ3) is 2.64. The zero-order chi connectivity index (χ0) is 14.9. The molecule has 2 unspecified atom stereocenters. The van der Waals surface area contributed by atoms with Crippen molar-refractivity contribution in [2.45, 2.75) is 51.5 Å². The van der Waals surface area contributed by atoms with Gasteiger partial charge in [0.25, 0.3) is 0 Å². The van der Waals surface area contributed by atoms with Gasteiger partial charge in [-0.1, -0.05) is 6.42 Å². The first-order valence-electron chi connectivity index (χ1n) is 7.18. The van der Waals surface area contributed by atoms with E-state index in [-0.39, 0.29) is 30.2 Å². The summed E-state index contributed by atoms with van der Waals surface area (Å²) < 4.78 is 0. The van der Waals surface area contributed by atoms with Crippen molar-refractivity contribution < 1.29 is 19.5 Å². The van der Waals surface area contributed by atoms with E-state index in [4.69, 9.17) is 5.73 Å². The number of hydrogen-bond donors (Lipinski definition) is 2. The predicted octanol–water partition coefficient (Wildman–Crippen LogP) is 0.744. The van der Waals surface area contributed by atoms with Crippen LogP contribution in [-0.2, 0) is 14.4 Å². The lowest BCUT2D eigenvalue weighted by atomic mass is 9.66. The molecule has 1 heterocycles. The van der Waals surface area contributed by atoms with Crippen LogP contribution in [0, 0.1) is 11.3 Å². The molecule has 0 aromatic heterocycles. The second kappa shape index (κ2) is 5.42. The number of rotatable bonds is 4. The average molecular weight is 282 g/mol. The molecule has 20 heavy (non-hydrogen) atoms. The first-order valence-corrected chi connectivity index (χ1v) is 7.18. The highest BCUT2D eigenvalue weighted by molar-refractivity contribution is 5.86. The van der Waals surface area contributed by atoms with Gasteiger partial charge in [-0.05, 0) is 32.6 Å². The summed E-state index contributed by atoms with van der Waals surface area (Å²) in [6, 6.07) is 0.0454. The van der Waals surface area contributed by atoms with Crippen LogP contribution in [0.2, 0.25) is 0 Å². The zero-order valence-corrected chi connectivity index (χ0v) is 11.8. The van der Waals surface area contributed by atoms with Crippen molar-refractivity contribution in [3.8, 4) is 0 Å². The molecule has 1 aliphatic heterocycles. The van der Waals surface area contributed by atoms with Crippen molar-refractivity contribution in [2.24, 2.45) is 17.1 Å². The lowest BCUT2D eigenvalue weighted by Crippen LogP contribution is -2.51. The van der Waals surface area contributed by atoms with Gasteiger partial charge in [-0.25, -0.2) is 0 Å². The molecule has 6 heteroatoms. The van der Waals surface area contributed by atoms with Crippen molar-refractivity contribution in [1.29, 1.82) is 0 Å². The molecular weight excluding hydrogens is 260 g/mol. The Labute approximate surface area is 118 Å². The Hall–Kier alpha value is -1.59. The average Bonchev–Trinajstić information content (AvgIpc) is 2.33. The van der Waals surface area contributed by atoms with Crippen LogP contribution in [0.5, 0.6) is 0 Å². The minimum Gasteiger partial charge on any atom is -0.481 e. The molecular formula is C14H22N2O4. The quantitative estimate of drug-likeness (QED) is 0.794. The summed E-state index contributed by atoms with van der Waals surface area (Å²) >= 11 is 0. The summed E-state index contributed by atoms with van der Waals surface area (Å²) in [6.45, 7) is 2.26. The Morgan fingerprint density at radius 3 is 2.40 bits per heavy atom. The van der Waals surface area contributed by atoms with Crippen LogP contribution in [0.3, 0.4) is 0 Å². The topological polar surface area (TPSA) is 101 Å². The van der Waals surface area contributed by atoms with Crippen LogP contribution in [0.4, 0.5) is 0 Å². The van der Waals surface area contributed by atoms with Gasteiger partial charge >= 0.3 is 5.97 Å². The van der Waals surface area contributed by atoms with Crippen molar-refractivity contribution in [3.63, 3.8) is 0 Å². The molecule has 2 atom stereocenters. The summed E-state index contributed by atoms with van der Waals surface area (Å²) in [4.78, 5) is 36.7. The Kier molecular flexibility index (Phi) is 4.01. The van der Waals surface area contributed by atoms with Crippen LogP contribution in [0.15, 0.2) is 0 Å². The molecule has 2 rings (SSSR count). The zero-order valence-electron chi connectivity index (χ0n) is 11.8. The van der Waals surface area contributed by atoms with E-state index >= 15 is 0 Å². The summed E-state index contributed by atoms with van der Waals surface area (Å²) in [7, 11) is 0. The highest BCUT2D eigenvalue weighted by Gasteiger charge is 2.47. The summed E-state index contributed by atoms with van der Waals surface area (Å²) in [6.07, 6.45) is 3.46. The van der Waals surface area contributed by atoms with E-state index in [0.717, 1.165) is 12.8 Å². The van der Waals surface area contributed by atoms with Gasteiger partial charge in [-0.3, -0.25) is 14.4 Å². The van der Waals surface area contributed by atoms with Crippen LogP contribution >= 0.6 is 0 Å². The first kappa shape index (κ1) is 14.8. The number of nitrogens with zero attached hydrogens (tertiary/aromatic N) is 1. The van der Waals surface area contributed by atoms with E-state index in [1.54, 1.807) is 4.90 Å². The number of likely N-dealkylation sites (tertiary alicyclic amines) is 1. The maximum atomic E-state index is 12.4. The SMILES string of the molecule is CC1CCC(C(N)=O)CN1C(=O)CC1(C(=O)O)CCC1. The van der Waals surface area contributed by atoms with Gasteiger partial charge in [0, 0.05) is 19.0 Å². The van der Waals surface area contributed by atoms with E-state index in [9.17, 15) is 19.5 Å². The number of aliphatic carboxylic acids is 1. The van der Waals surface area contributed by atoms with Gasteiger partial charge in [-0.15, -0.1) is 0 Å². The molecule has 112 valence electrons. The number of nitrogens with two attached hydrogens (primary N) is 1. The highest BCUT2D eigenvalue weighted by Crippen LogP contribution is 2.45. The van der Waals surface area contributed by atoms with Crippen LogP contribution < -0.4 is 5.73 Å². The molecule has 0 aromatic carbocycles. The number of carboxylic acid groups (broad SMARTS) is 1. The molecule has 1 aliphatic carbocycles.